The molecule has 0 aromatic heterocycles. The molecule has 0 atom stereocenters. The van der Waals surface area contributed by atoms with Crippen LogP contribution in [0.5, 0.6) is 11.5 Å². The lowest BCUT2D eigenvalue weighted by atomic mass is 9.89. The van der Waals surface area contributed by atoms with Gasteiger partial charge in [0.15, 0.2) is 17.3 Å². The van der Waals surface area contributed by atoms with E-state index in [0.29, 0.717) is 61.4 Å². The van der Waals surface area contributed by atoms with Crippen LogP contribution in [0.15, 0.2) is 77.0 Å². The van der Waals surface area contributed by atoms with Crippen LogP contribution in [-0.2, 0) is 17.6 Å². The van der Waals surface area contributed by atoms with Gasteiger partial charge in [-0.1, -0.05) is 48.5 Å². The maximum absolute atomic E-state index is 12.8. The van der Waals surface area contributed by atoms with E-state index in [1.165, 1.54) is 0 Å². The Morgan fingerprint density at radius 2 is 1.76 bits per heavy atom. The third-order valence-corrected chi connectivity index (χ3v) is 6.06. The Bertz CT molecular complexity index is 1220. The van der Waals surface area contributed by atoms with Crippen LogP contribution in [0, 0.1) is 0 Å². The number of Topliss-reactive ketones (excluding diaryl/α,β-unsaturated/α-hetero) is 1. The average Bonchev–Trinajstić information content (AvgIpc) is 2.84. The normalized spacial score (nSPS) is 14.6. The van der Waals surface area contributed by atoms with E-state index in [2.05, 4.69) is 24.3 Å². The summed E-state index contributed by atoms with van der Waals surface area (Å²) in [6, 6.07) is 20.2. The fraction of sp³-hybridized carbons (Fsp3) is 0.286. The zero-order valence-corrected chi connectivity index (χ0v) is 19.1. The van der Waals surface area contributed by atoms with Gasteiger partial charge in [-0.15, -0.1) is 0 Å². The topological polar surface area (TPSA) is 68.1 Å². The summed E-state index contributed by atoms with van der Waals surface area (Å²) < 4.78 is 10.7. The molecule has 5 heteroatoms. The number of hydrogen-bond donors (Lipinski definition) is 1. The molecule has 0 radical (unpaired) electrons. The summed E-state index contributed by atoms with van der Waals surface area (Å²) in [7, 11) is 3.23. The highest BCUT2D eigenvalue weighted by Crippen LogP contribution is 2.28. The summed E-state index contributed by atoms with van der Waals surface area (Å²) in [5.41, 5.74) is 3.22. The summed E-state index contributed by atoms with van der Waals surface area (Å²) in [6.45, 7) is 0.500. The molecule has 0 spiro atoms. The number of carbonyl (C=O) groups excluding carboxylic acids is 1. The Hall–Kier alpha value is -3.60. The van der Waals surface area contributed by atoms with Crippen LogP contribution in [0.3, 0.4) is 0 Å². The molecule has 1 N–H and O–H groups in total. The standard InChI is InChI=1S/C28H29NO4/c1-32-26-14-13-19(17-27(26)33-2)15-16-29-23(28-24(30)11-6-12-25(28)31)18-21-9-5-8-20-7-3-4-10-22(20)21/h3-5,7-10,13-14,17,30H,6,11-12,15-16,18H2,1-2H3. The molecule has 170 valence electrons. The third kappa shape index (κ3) is 5.08. The highest BCUT2D eigenvalue weighted by Gasteiger charge is 2.25. The molecule has 0 amide bonds. The number of aliphatic hydroxyl groups excluding tert-OH is 1. The van der Waals surface area contributed by atoms with Gasteiger partial charge in [-0.25, -0.2) is 0 Å². The van der Waals surface area contributed by atoms with Crippen molar-refractivity contribution in [1.82, 2.24) is 0 Å². The van der Waals surface area contributed by atoms with E-state index in [1.807, 2.05) is 36.4 Å². The molecule has 5 nitrogen and oxygen atoms in total. The first kappa shape index (κ1) is 22.6. The predicted molar refractivity (Wildman–Crippen MR) is 132 cm³/mol. The Kier molecular flexibility index (Phi) is 7.08. The van der Waals surface area contributed by atoms with Crippen LogP contribution in [0.2, 0.25) is 0 Å². The highest BCUT2D eigenvalue weighted by atomic mass is 16.5. The van der Waals surface area contributed by atoms with E-state index in [0.717, 1.165) is 21.9 Å². The van der Waals surface area contributed by atoms with Crippen LogP contribution >= 0.6 is 0 Å². The maximum Gasteiger partial charge on any atom is 0.168 e. The lowest BCUT2D eigenvalue weighted by molar-refractivity contribution is -0.115. The predicted octanol–water partition coefficient (Wildman–Crippen LogP) is 5.65. The minimum absolute atomic E-state index is 0.0242. The quantitative estimate of drug-likeness (QED) is 0.457. The van der Waals surface area contributed by atoms with Gasteiger partial charge in [-0.3, -0.25) is 9.79 Å². The number of methoxy groups -OCH3 is 2. The molecule has 1 aliphatic carbocycles. The van der Waals surface area contributed by atoms with Crippen LogP contribution in [0.1, 0.15) is 30.4 Å². The van der Waals surface area contributed by atoms with Gasteiger partial charge < -0.3 is 14.6 Å². The number of aliphatic imine (C=N–C) groups is 1. The number of fused-ring (bicyclic) bond motifs is 1. The van der Waals surface area contributed by atoms with E-state index in [1.54, 1.807) is 14.2 Å². The number of carbonyl (C=O) groups is 1. The van der Waals surface area contributed by atoms with Crippen molar-refractivity contribution in [2.45, 2.75) is 32.1 Å². The van der Waals surface area contributed by atoms with Crippen LogP contribution in [0.4, 0.5) is 0 Å². The number of ether oxygens (including phenoxy) is 2. The van der Waals surface area contributed by atoms with Gasteiger partial charge in [0, 0.05) is 25.8 Å². The van der Waals surface area contributed by atoms with Crippen molar-refractivity contribution >= 4 is 22.3 Å². The fourth-order valence-electron chi connectivity index (χ4n) is 4.36. The average molecular weight is 444 g/mol. The third-order valence-electron chi connectivity index (χ3n) is 6.06. The van der Waals surface area contributed by atoms with Gasteiger partial charge in [0.25, 0.3) is 0 Å². The Labute approximate surface area is 194 Å². The van der Waals surface area contributed by atoms with Crippen LogP contribution in [-0.4, -0.2) is 37.4 Å². The van der Waals surface area contributed by atoms with Crippen LogP contribution < -0.4 is 9.47 Å². The van der Waals surface area contributed by atoms with Gasteiger partial charge >= 0.3 is 0 Å². The second-order valence-electron chi connectivity index (χ2n) is 8.18. The number of benzene rings is 3. The van der Waals surface area contributed by atoms with Crippen molar-refractivity contribution in [2.24, 2.45) is 4.99 Å². The summed E-state index contributed by atoms with van der Waals surface area (Å²) in [6.07, 6.45) is 2.83. The number of rotatable bonds is 8. The summed E-state index contributed by atoms with van der Waals surface area (Å²) >= 11 is 0. The van der Waals surface area contributed by atoms with E-state index in [9.17, 15) is 9.90 Å². The second-order valence-corrected chi connectivity index (χ2v) is 8.18. The molecule has 1 aliphatic rings. The molecule has 0 heterocycles. The molecule has 4 rings (SSSR count). The number of aliphatic hydroxyl groups is 1. The molecular weight excluding hydrogens is 414 g/mol. The zero-order chi connectivity index (χ0) is 23.2. The van der Waals surface area contributed by atoms with Crippen molar-refractivity contribution in [3.63, 3.8) is 0 Å². The van der Waals surface area contributed by atoms with Gasteiger partial charge in [-0.2, -0.15) is 0 Å². The van der Waals surface area contributed by atoms with Crippen molar-refractivity contribution in [3.8, 4) is 11.5 Å². The van der Waals surface area contributed by atoms with E-state index >= 15 is 0 Å². The first-order chi connectivity index (χ1) is 16.1. The van der Waals surface area contributed by atoms with Gasteiger partial charge in [0.05, 0.1) is 25.5 Å². The highest BCUT2D eigenvalue weighted by molar-refractivity contribution is 6.24. The lowest BCUT2D eigenvalue weighted by Gasteiger charge is -2.18. The van der Waals surface area contributed by atoms with Gasteiger partial charge in [0.1, 0.15) is 5.76 Å². The molecule has 3 aromatic carbocycles. The molecule has 33 heavy (non-hydrogen) atoms. The number of ketones is 1. The molecular formula is C28H29NO4. The van der Waals surface area contributed by atoms with Crippen LogP contribution in [0.25, 0.3) is 10.8 Å². The summed E-state index contributed by atoms with van der Waals surface area (Å²) in [5, 5.41) is 12.9. The Morgan fingerprint density at radius 3 is 2.55 bits per heavy atom. The molecule has 0 bridgehead atoms. The molecule has 0 fully saturated rings. The van der Waals surface area contributed by atoms with Crippen molar-refractivity contribution in [2.75, 3.05) is 20.8 Å². The zero-order valence-electron chi connectivity index (χ0n) is 19.1. The SMILES string of the molecule is COc1ccc(CCN=C(Cc2cccc3ccccc23)C2=C(O)CCCC2=O)cc1OC. The van der Waals surface area contributed by atoms with Crippen molar-refractivity contribution in [3.05, 3.63) is 83.1 Å². The largest absolute Gasteiger partial charge is 0.511 e. The number of hydrogen-bond acceptors (Lipinski definition) is 5. The van der Waals surface area contributed by atoms with Crippen molar-refractivity contribution in [1.29, 1.82) is 0 Å². The van der Waals surface area contributed by atoms with E-state index in [4.69, 9.17) is 14.5 Å². The Morgan fingerprint density at radius 1 is 0.970 bits per heavy atom. The first-order valence-electron chi connectivity index (χ1n) is 11.3. The maximum atomic E-state index is 12.8. The lowest BCUT2D eigenvalue weighted by Crippen LogP contribution is -2.22. The molecule has 0 saturated heterocycles. The fourth-order valence-corrected chi connectivity index (χ4v) is 4.36. The number of allylic oxidation sites excluding steroid dienone is 2. The van der Waals surface area contributed by atoms with E-state index in [-0.39, 0.29) is 11.5 Å². The van der Waals surface area contributed by atoms with E-state index < -0.39 is 0 Å². The molecule has 0 aliphatic heterocycles. The summed E-state index contributed by atoms with van der Waals surface area (Å²) in [5.74, 6) is 1.50. The second kappa shape index (κ2) is 10.3. The monoisotopic (exact) mass is 443 g/mol. The summed E-state index contributed by atoms with van der Waals surface area (Å²) in [4.78, 5) is 17.6. The minimum Gasteiger partial charge on any atom is -0.511 e. The van der Waals surface area contributed by atoms with Gasteiger partial charge in [0.2, 0.25) is 0 Å². The van der Waals surface area contributed by atoms with Crippen molar-refractivity contribution < 1.29 is 19.4 Å². The molecule has 3 aromatic rings. The number of nitrogens with zero attached hydrogens (tertiary/aromatic N) is 1. The first-order valence-corrected chi connectivity index (χ1v) is 11.3. The minimum atomic E-state index is -0.0242. The smallest absolute Gasteiger partial charge is 0.168 e. The Balaban J connectivity index is 1.64. The van der Waals surface area contributed by atoms with Gasteiger partial charge in [-0.05, 0) is 46.9 Å². The molecule has 0 saturated carbocycles. The molecule has 0 unspecified atom stereocenters.